The van der Waals surface area contributed by atoms with E-state index in [1.54, 1.807) is 22.8 Å². The second kappa shape index (κ2) is 10.1. The predicted octanol–water partition coefficient (Wildman–Crippen LogP) is 2.30. The number of ether oxygens (including phenoxy) is 2. The number of fused-ring (bicyclic) bond motifs is 1. The van der Waals surface area contributed by atoms with Crippen LogP contribution in [0.4, 0.5) is 0 Å². The molecule has 8 heteroatoms. The van der Waals surface area contributed by atoms with Crippen LogP contribution in [0.15, 0.2) is 43.0 Å². The lowest BCUT2D eigenvalue weighted by Gasteiger charge is -2.37. The lowest BCUT2D eigenvalue weighted by molar-refractivity contribution is -0.160. The summed E-state index contributed by atoms with van der Waals surface area (Å²) in [7, 11) is 0. The predicted molar refractivity (Wildman–Crippen MR) is 129 cm³/mol. The summed E-state index contributed by atoms with van der Waals surface area (Å²) >= 11 is 0. The maximum absolute atomic E-state index is 14.2. The zero-order valence-electron chi connectivity index (χ0n) is 20.7. The maximum atomic E-state index is 14.2. The van der Waals surface area contributed by atoms with Crippen LogP contribution in [0.25, 0.3) is 0 Å². The molecule has 0 saturated carbocycles. The van der Waals surface area contributed by atoms with Crippen molar-refractivity contribution in [3.8, 4) is 0 Å². The fourth-order valence-electron chi connectivity index (χ4n) is 6.29. The van der Waals surface area contributed by atoms with Gasteiger partial charge in [0.1, 0.15) is 17.6 Å². The van der Waals surface area contributed by atoms with E-state index in [9.17, 15) is 19.5 Å². The fourth-order valence-corrected chi connectivity index (χ4v) is 6.29. The van der Waals surface area contributed by atoms with Crippen molar-refractivity contribution in [3.63, 3.8) is 0 Å². The van der Waals surface area contributed by atoms with Crippen molar-refractivity contribution < 1.29 is 29.0 Å². The molecule has 3 aliphatic heterocycles. The molecule has 1 aromatic rings. The van der Waals surface area contributed by atoms with E-state index < -0.39 is 35.0 Å². The number of carbonyl (C=O) groups is 3. The molecule has 35 heavy (non-hydrogen) atoms. The number of rotatable bonds is 11. The molecule has 1 N–H and O–H groups in total. The number of likely N-dealkylation sites (tertiary alicyclic amines) is 1. The van der Waals surface area contributed by atoms with Crippen molar-refractivity contribution in [2.24, 2.45) is 11.8 Å². The number of hydrogen-bond acceptors (Lipinski definition) is 6. The van der Waals surface area contributed by atoms with Gasteiger partial charge >= 0.3 is 5.97 Å². The van der Waals surface area contributed by atoms with Crippen molar-refractivity contribution in [1.29, 1.82) is 0 Å². The maximum Gasteiger partial charge on any atom is 0.312 e. The van der Waals surface area contributed by atoms with Gasteiger partial charge < -0.3 is 24.4 Å². The molecular formula is C27H36N2O6. The summed E-state index contributed by atoms with van der Waals surface area (Å²) in [5.74, 6) is -2.39. The average Bonchev–Trinajstić information content (AvgIpc) is 3.40. The highest BCUT2D eigenvalue weighted by atomic mass is 16.6. The summed E-state index contributed by atoms with van der Waals surface area (Å²) in [4.78, 5) is 44.4. The summed E-state index contributed by atoms with van der Waals surface area (Å²) in [6.07, 6.45) is 3.85. The Morgan fingerprint density at radius 3 is 2.69 bits per heavy atom. The van der Waals surface area contributed by atoms with E-state index in [0.29, 0.717) is 45.3 Å². The zero-order valence-corrected chi connectivity index (χ0v) is 20.7. The molecule has 4 rings (SSSR count). The van der Waals surface area contributed by atoms with Gasteiger partial charge in [0.15, 0.2) is 0 Å². The Morgan fingerprint density at radius 2 is 2.03 bits per heavy atom. The highest BCUT2D eigenvalue weighted by molar-refractivity contribution is 5.98. The van der Waals surface area contributed by atoms with Gasteiger partial charge in [-0.25, -0.2) is 0 Å². The molecule has 8 nitrogen and oxygen atoms in total. The van der Waals surface area contributed by atoms with Gasteiger partial charge in [-0.1, -0.05) is 36.4 Å². The highest BCUT2D eigenvalue weighted by Crippen LogP contribution is 2.63. The molecule has 3 fully saturated rings. The Labute approximate surface area is 206 Å². The Morgan fingerprint density at radius 1 is 1.29 bits per heavy atom. The largest absolute Gasteiger partial charge is 0.466 e. The zero-order chi connectivity index (χ0) is 25.2. The number of hydrogen-bond donors (Lipinski definition) is 1. The molecule has 0 aromatic heterocycles. The van der Waals surface area contributed by atoms with Crippen LogP contribution in [0, 0.1) is 11.8 Å². The molecule has 2 bridgehead atoms. The lowest BCUT2D eigenvalue weighted by Crippen LogP contribution is -2.56. The first-order valence-electron chi connectivity index (χ1n) is 12.5. The van der Waals surface area contributed by atoms with Gasteiger partial charge in [0.25, 0.3) is 0 Å². The first-order chi connectivity index (χ1) is 16.8. The molecule has 5 atom stereocenters. The van der Waals surface area contributed by atoms with Crippen LogP contribution in [0.3, 0.4) is 0 Å². The van der Waals surface area contributed by atoms with Crippen LogP contribution in [0.2, 0.25) is 0 Å². The van der Waals surface area contributed by atoms with Crippen LogP contribution in [-0.4, -0.2) is 76.2 Å². The molecule has 3 saturated heterocycles. The van der Waals surface area contributed by atoms with E-state index in [1.165, 1.54) is 0 Å². The van der Waals surface area contributed by atoms with Crippen molar-refractivity contribution >= 4 is 17.8 Å². The summed E-state index contributed by atoms with van der Waals surface area (Å²) in [6.45, 7) is 8.66. The topological polar surface area (TPSA) is 96.4 Å². The van der Waals surface area contributed by atoms with Gasteiger partial charge in [-0.15, -0.1) is 6.58 Å². The molecule has 0 aliphatic carbocycles. The van der Waals surface area contributed by atoms with Crippen LogP contribution >= 0.6 is 0 Å². The number of amides is 2. The van der Waals surface area contributed by atoms with Gasteiger partial charge in [-0.05, 0) is 45.1 Å². The van der Waals surface area contributed by atoms with Crippen LogP contribution in [-0.2, 0) is 30.4 Å². The third-order valence-electron chi connectivity index (χ3n) is 7.74. The van der Waals surface area contributed by atoms with Crippen molar-refractivity contribution in [3.05, 3.63) is 48.6 Å². The summed E-state index contributed by atoms with van der Waals surface area (Å²) < 4.78 is 11.9. The molecule has 3 aliphatic rings. The Balaban J connectivity index is 1.72. The standard InChI is InChI=1S/C27H36N2O6/c1-4-15-28(18-19-11-7-6-8-12-19)24(32)22-27-14-13-26(3,35-27)21(25(33)34-5-2)20(27)23(31)29(22)16-9-10-17-30/h4,6-8,11-12,20-22,30H,1,5,9-10,13-18H2,2-3H3/t20-,21+,22?,26-,27?/m0/s1. The van der Waals surface area contributed by atoms with Gasteiger partial charge in [0.05, 0.1) is 18.1 Å². The lowest BCUT2D eigenvalue weighted by atomic mass is 9.66. The Hall–Kier alpha value is -2.71. The summed E-state index contributed by atoms with van der Waals surface area (Å²) in [5.41, 5.74) is -0.943. The van der Waals surface area contributed by atoms with Gasteiger partial charge in [0.2, 0.25) is 11.8 Å². The number of aliphatic hydroxyl groups is 1. The van der Waals surface area contributed by atoms with Gasteiger partial charge in [-0.3, -0.25) is 14.4 Å². The number of esters is 1. The van der Waals surface area contributed by atoms with Crippen molar-refractivity contribution in [2.75, 3.05) is 26.3 Å². The van der Waals surface area contributed by atoms with Gasteiger partial charge in [-0.2, -0.15) is 0 Å². The molecule has 190 valence electrons. The molecular weight excluding hydrogens is 448 g/mol. The minimum atomic E-state index is -1.07. The molecule has 2 unspecified atom stereocenters. The molecule has 1 aromatic carbocycles. The van der Waals surface area contributed by atoms with Gasteiger partial charge in [0, 0.05) is 26.2 Å². The first-order valence-corrected chi connectivity index (χ1v) is 12.5. The fraction of sp³-hybridized carbons (Fsp3) is 0.593. The summed E-state index contributed by atoms with van der Waals surface area (Å²) in [5, 5.41) is 9.30. The quantitative estimate of drug-likeness (QED) is 0.294. The Kier molecular flexibility index (Phi) is 7.33. The Bertz CT molecular complexity index is 968. The third kappa shape index (κ3) is 4.27. The van der Waals surface area contributed by atoms with E-state index in [1.807, 2.05) is 37.3 Å². The van der Waals surface area contributed by atoms with Crippen molar-refractivity contribution in [1.82, 2.24) is 9.80 Å². The molecule has 1 spiro atoms. The number of aliphatic hydroxyl groups excluding tert-OH is 1. The molecule has 0 radical (unpaired) electrons. The third-order valence-corrected chi connectivity index (χ3v) is 7.74. The number of benzene rings is 1. The van der Waals surface area contributed by atoms with Crippen LogP contribution in [0.1, 0.15) is 45.1 Å². The SMILES string of the molecule is C=CCN(Cc1ccccc1)C(=O)C1N(CCCCO)C(=O)[C@@H]2[C@H](C(=O)OCC)[C@]3(C)CCC12O3. The highest BCUT2D eigenvalue weighted by Gasteiger charge is 2.78. The first kappa shape index (κ1) is 25.4. The molecule has 3 heterocycles. The smallest absolute Gasteiger partial charge is 0.312 e. The van der Waals surface area contributed by atoms with Crippen molar-refractivity contribution in [2.45, 2.75) is 63.3 Å². The van der Waals surface area contributed by atoms with E-state index in [-0.39, 0.29) is 25.0 Å². The van der Waals surface area contributed by atoms with E-state index in [0.717, 1.165) is 5.56 Å². The van der Waals surface area contributed by atoms with Crippen LogP contribution < -0.4 is 0 Å². The van der Waals surface area contributed by atoms with E-state index in [4.69, 9.17) is 9.47 Å². The second-order valence-corrected chi connectivity index (χ2v) is 9.93. The molecule has 2 amide bonds. The minimum absolute atomic E-state index is 0.00579. The average molecular weight is 485 g/mol. The van der Waals surface area contributed by atoms with Crippen LogP contribution in [0.5, 0.6) is 0 Å². The number of carbonyl (C=O) groups excluding carboxylic acids is 3. The van der Waals surface area contributed by atoms with E-state index >= 15 is 0 Å². The van der Waals surface area contributed by atoms with E-state index in [2.05, 4.69) is 6.58 Å². The normalized spacial score (nSPS) is 30.9. The second-order valence-electron chi connectivity index (χ2n) is 9.93. The monoisotopic (exact) mass is 484 g/mol. The summed E-state index contributed by atoms with van der Waals surface area (Å²) in [6, 6.07) is 8.84. The number of nitrogens with zero attached hydrogens (tertiary/aromatic N) is 2. The number of unbranched alkanes of at least 4 members (excludes halogenated alkanes) is 1. The minimum Gasteiger partial charge on any atom is -0.466 e.